The fourth-order valence-electron chi connectivity index (χ4n) is 2.63. The molecule has 4 heteroatoms. The molecule has 1 aliphatic rings. The summed E-state index contributed by atoms with van der Waals surface area (Å²) in [6.45, 7) is 4.57. The Morgan fingerprint density at radius 1 is 1.31 bits per heavy atom. The van der Waals surface area contributed by atoms with Crippen molar-refractivity contribution in [2.24, 2.45) is 5.92 Å². The van der Waals surface area contributed by atoms with Gasteiger partial charge in [0, 0.05) is 13.0 Å². The Morgan fingerprint density at radius 2 is 2.12 bits per heavy atom. The molecular weight excluding hydrogens is 200 g/mol. The first-order valence-electron chi connectivity index (χ1n) is 6.36. The van der Waals surface area contributed by atoms with Crippen molar-refractivity contribution in [3.63, 3.8) is 0 Å². The molecule has 1 unspecified atom stereocenters. The fourth-order valence-corrected chi connectivity index (χ4v) is 2.63. The summed E-state index contributed by atoms with van der Waals surface area (Å²) in [7, 11) is 1.90. The van der Waals surface area contributed by atoms with Crippen LogP contribution in [0.1, 0.15) is 56.8 Å². The lowest BCUT2D eigenvalue weighted by Gasteiger charge is -2.22. The van der Waals surface area contributed by atoms with E-state index in [9.17, 15) is 0 Å². The van der Waals surface area contributed by atoms with Gasteiger partial charge in [-0.2, -0.15) is 4.79 Å². The number of rotatable bonds is 2. The van der Waals surface area contributed by atoms with Crippen molar-refractivity contribution in [1.82, 2.24) is 15.1 Å². The highest BCUT2D eigenvalue weighted by atomic mass is 15.6. The average Bonchev–Trinajstić information content (AvgIpc) is 2.60. The van der Waals surface area contributed by atoms with E-state index in [0.29, 0.717) is 11.8 Å². The van der Waals surface area contributed by atoms with Gasteiger partial charge in [0.25, 0.3) is 0 Å². The van der Waals surface area contributed by atoms with Gasteiger partial charge in [-0.1, -0.05) is 26.7 Å². The Labute approximate surface area is 97.4 Å². The molecule has 0 radical (unpaired) electrons. The van der Waals surface area contributed by atoms with Gasteiger partial charge in [0.1, 0.15) is 0 Å². The maximum absolute atomic E-state index is 4.38. The Balaban J connectivity index is 2.35. The van der Waals surface area contributed by atoms with Crippen molar-refractivity contribution < 1.29 is 0 Å². The maximum Gasteiger partial charge on any atom is 0.0914 e. The second-order valence-corrected chi connectivity index (χ2v) is 5.01. The summed E-state index contributed by atoms with van der Waals surface area (Å²) < 4.78 is 0. The first-order valence-corrected chi connectivity index (χ1v) is 6.36. The molecule has 0 aliphatic heterocycles. The van der Waals surface area contributed by atoms with Crippen molar-refractivity contribution in [1.29, 1.82) is 0 Å². The van der Waals surface area contributed by atoms with Crippen LogP contribution in [0.3, 0.4) is 0 Å². The first kappa shape index (κ1) is 11.4. The van der Waals surface area contributed by atoms with Crippen LogP contribution in [-0.4, -0.2) is 22.2 Å². The Hall–Kier alpha value is -1.06. The summed E-state index contributed by atoms with van der Waals surface area (Å²) in [5.41, 5.74) is 5.60. The number of hydrogen-bond acceptors (Lipinski definition) is 3. The Kier molecular flexibility index (Phi) is 3.46. The van der Waals surface area contributed by atoms with Crippen LogP contribution in [0.5, 0.6) is 0 Å². The normalized spacial score (nSPS) is 21.4. The molecule has 1 aliphatic carbocycles. The van der Waals surface area contributed by atoms with Crippen LogP contribution < -0.4 is 5.43 Å². The van der Waals surface area contributed by atoms with E-state index in [1.165, 1.54) is 37.1 Å². The second-order valence-electron chi connectivity index (χ2n) is 5.01. The molecule has 4 nitrogen and oxygen atoms in total. The van der Waals surface area contributed by atoms with Crippen LogP contribution in [0, 0.1) is 5.92 Å². The summed E-state index contributed by atoms with van der Waals surface area (Å²) in [5.74, 6) is 1.23. The minimum absolute atomic E-state index is 0.581. The van der Waals surface area contributed by atoms with E-state index in [0.717, 1.165) is 6.42 Å². The number of aromatic nitrogens is 3. The predicted molar refractivity (Wildman–Crippen MR) is 65.1 cm³/mol. The monoisotopic (exact) mass is 222 g/mol. The average molecular weight is 222 g/mol. The van der Waals surface area contributed by atoms with Crippen LogP contribution >= 0.6 is 0 Å². The number of hydrogen-bond donors (Lipinski definition) is 1. The zero-order valence-corrected chi connectivity index (χ0v) is 10.5. The van der Waals surface area contributed by atoms with Crippen molar-refractivity contribution in [2.75, 3.05) is 12.5 Å². The van der Waals surface area contributed by atoms with E-state index in [-0.39, 0.29) is 0 Å². The number of fused-ring (bicyclic) bond motifs is 1. The van der Waals surface area contributed by atoms with Crippen LogP contribution in [0.4, 0.5) is 0 Å². The van der Waals surface area contributed by atoms with Crippen LogP contribution in [0.25, 0.3) is 0 Å². The molecular formula is C12H22N4. The third-order valence-electron chi connectivity index (χ3n) is 3.59. The third kappa shape index (κ3) is 2.06. The summed E-state index contributed by atoms with van der Waals surface area (Å²) in [5, 5.41) is 8.57. The van der Waals surface area contributed by atoms with Crippen molar-refractivity contribution in [2.45, 2.75) is 51.9 Å². The van der Waals surface area contributed by atoms with Gasteiger partial charge in [0.15, 0.2) is 0 Å². The fraction of sp³-hybridized carbons (Fsp3) is 0.833. The van der Waals surface area contributed by atoms with Gasteiger partial charge in [0.05, 0.1) is 11.4 Å². The highest BCUT2D eigenvalue weighted by Gasteiger charge is 2.25. The summed E-state index contributed by atoms with van der Waals surface area (Å²) in [4.78, 5) is 1.84. The van der Waals surface area contributed by atoms with Crippen molar-refractivity contribution in [3.8, 4) is 0 Å². The molecule has 0 fully saturated rings. The molecule has 2 rings (SSSR count). The van der Waals surface area contributed by atoms with E-state index < -0.39 is 0 Å². The minimum Gasteiger partial charge on any atom is -0.311 e. The van der Waals surface area contributed by atoms with Gasteiger partial charge < -0.3 is 5.43 Å². The van der Waals surface area contributed by atoms with Gasteiger partial charge in [-0.15, -0.1) is 5.10 Å². The minimum atomic E-state index is 0.581. The lowest BCUT2D eigenvalue weighted by atomic mass is 9.84. The molecule has 1 aromatic rings. The zero-order chi connectivity index (χ0) is 11.5. The summed E-state index contributed by atoms with van der Waals surface area (Å²) >= 11 is 0. The summed E-state index contributed by atoms with van der Waals surface area (Å²) in [6, 6.07) is 0. The van der Waals surface area contributed by atoms with Gasteiger partial charge >= 0.3 is 0 Å². The molecule has 1 N–H and O–H groups in total. The van der Waals surface area contributed by atoms with Crippen LogP contribution in [0.15, 0.2) is 0 Å². The third-order valence-corrected chi connectivity index (χ3v) is 3.59. The molecule has 0 aromatic carbocycles. The molecule has 1 atom stereocenters. The molecule has 0 saturated carbocycles. The van der Waals surface area contributed by atoms with E-state index >= 15 is 0 Å². The Bertz CT molecular complexity index is 343. The van der Waals surface area contributed by atoms with E-state index in [4.69, 9.17) is 0 Å². The van der Waals surface area contributed by atoms with E-state index in [1.807, 2.05) is 11.8 Å². The van der Waals surface area contributed by atoms with Crippen LogP contribution in [-0.2, 0) is 6.42 Å². The van der Waals surface area contributed by atoms with Gasteiger partial charge in [-0.05, 0) is 30.4 Å². The van der Waals surface area contributed by atoms with E-state index in [1.54, 1.807) is 0 Å². The molecule has 16 heavy (non-hydrogen) atoms. The number of nitrogens with one attached hydrogen (secondary N) is 1. The summed E-state index contributed by atoms with van der Waals surface area (Å²) in [6.07, 6.45) is 6.28. The lowest BCUT2D eigenvalue weighted by Crippen LogP contribution is -2.17. The Morgan fingerprint density at radius 3 is 2.81 bits per heavy atom. The predicted octanol–water partition coefficient (Wildman–Crippen LogP) is 2.31. The SMILES string of the molecule is CNn1nnc2c1CCCCCC2C(C)C. The van der Waals surface area contributed by atoms with Gasteiger partial charge in [0.2, 0.25) is 0 Å². The standard InChI is InChI=1S/C12H22N4/c1-9(2)10-7-5-4-6-8-11-12(10)14-15-16(11)13-3/h9-10,13H,4-8H2,1-3H3. The second kappa shape index (κ2) is 4.85. The lowest BCUT2D eigenvalue weighted by molar-refractivity contribution is 0.423. The first-order chi connectivity index (χ1) is 7.74. The maximum atomic E-state index is 4.38. The molecule has 0 amide bonds. The molecule has 1 heterocycles. The molecule has 0 bridgehead atoms. The molecule has 90 valence electrons. The highest BCUT2D eigenvalue weighted by molar-refractivity contribution is 5.18. The van der Waals surface area contributed by atoms with E-state index in [2.05, 4.69) is 29.6 Å². The van der Waals surface area contributed by atoms with Crippen molar-refractivity contribution >= 4 is 0 Å². The number of nitrogens with zero attached hydrogens (tertiary/aromatic N) is 3. The molecule has 0 saturated heterocycles. The zero-order valence-electron chi connectivity index (χ0n) is 10.5. The quantitative estimate of drug-likeness (QED) is 0.835. The highest BCUT2D eigenvalue weighted by Crippen LogP contribution is 2.33. The van der Waals surface area contributed by atoms with Gasteiger partial charge in [-0.25, -0.2) is 0 Å². The van der Waals surface area contributed by atoms with Gasteiger partial charge in [-0.3, -0.25) is 0 Å². The molecule has 0 spiro atoms. The van der Waals surface area contributed by atoms with Crippen molar-refractivity contribution in [3.05, 3.63) is 11.4 Å². The smallest absolute Gasteiger partial charge is 0.0914 e. The topological polar surface area (TPSA) is 42.7 Å². The largest absolute Gasteiger partial charge is 0.311 e. The van der Waals surface area contributed by atoms with Crippen LogP contribution in [0.2, 0.25) is 0 Å². The molecule has 1 aromatic heterocycles.